The van der Waals surface area contributed by atoms with E-state index in [2.05, 4.69) is 10.6 Å². The van der Waals surface area contributed by atoms with Crippen LogP contribution in [0.2, 0.25) is 0 Å². The van der Waals surface area contributed by atoms with Crippen molar-refractivity contribution < 1.29 is 19.8 Å². The van der Waals surface area contributed by atoms with Crippen LogP contribution in [0, 0.1) is 0 Å². The summed E-state index contributed by atoms with van der Waals surface area (Å²) in [6.07, 6.45) is -1.25. The molecule has 0 aromatic rings. The normalized spacial score (nSPS) is 12.1. The number of carbonyl (C=O) groups excluding carboxylic acids is 1. The van der Waals surface area contributed by atoms with Crippen LogP contribution in [0.3, 0.4) is 0 Å². The van der Waals surface area contributed by atoms with Gasteiger partial charge in [0, 0.05) is 13.0 Å². The van der Waals surface area contributed by atoms with Gasteiger partial charge in [0.15, 0.2) is 6.10 Å². The third kappa shape index (κ3) is 6.38. The summed E-state index contributed by atoms with van der Waals surface area (Å²) in [4.78, 5) is 21.1. The van der Waals surface area contributed by atoms with Crippen molar-refractivity contribution in [2.24, 2.45) is 0 Å². The Kier molecular flexibility index (Phi) is 6.69. The number of rotatable bonds is 7. The Labute approximate surface area is 82.3 Å². The van der Waals surface area contributed by atoms with Crippen molar-refractivity contribution in [3.05, 3.63) is 0 Å². The molecule has 0 spiro atoms. The van der Waals surface area contributed by atoms with Crippen LogP contribution in [-0.2, 0) is 9.59 Å². The minimum atomic E-state index is -1.53. The molecule has 0 bridgehead atoms. The molecule has 0 aliphatic heterocycles. The number of hydrogen-bond donors (Lipinski definition) is 4. The molecule has 14 heavy (non-hydrogen) atoms. The quantitative estimate of drug-likeness (QED) is 0.380. The van der Waals surface area contributed by atoms with Crippen molar-refractivity contribution in [3.8, 4) is 0 Å². The lowest BCUT2D eigenvalue weighted by molar-refractivity contribution is -0.146. The lowest BCUT2D eigenvalue weighted by atomic mass is 10.3. The van der Waals surface area contributed by atoms with Gasteiger partial charge >= 0.3 is 5.97 Å². The van der Waals surface area contributed by atoms with Gasteiger partial charge in [-0.25, -0.2) is 4.79 Å². The highest BCUT2D eigenvalue weighted by Crippen LogP contribution is 1.82. The van der Waals surface area contributed by atoms with E-state index in [1.54, 1.807) is 0 Å². The highest BCUT2D eigenvalue weighted by molar-refractivity contribution is 5.78. The maximum Gasteiger partial charge on any atom is 0.334 e. The van der Waals surface area contributed by atoms with Gasteiger partial charge in [0.2, 0.25) is 5.91 Å². The van der Waals surface area contributed by atoms with Gasteiger partial charge in [-0.3, -0.25) is 4.79 Å². The van der Waals surface area contributed by atoms with Crippen molar-refractivity contribution >= 4 is 11.9 Å². The number of amides is 1. The average molecular weight is 204 g/mol. The zero-order valence-corrected chi connectivity index (χ0v) is 8.12. The summed E-state index contributed by atoms with van der Waals surface area (Å²) in [5.41, 5.74) is 0. The van der Waals surface area contributed by atoms with Crippen molar-refractivity contribution in [3.63, 3.8) is 0 Å². The van der Waals surface area contributed by atoms with E-state index < -0.39 is 12.1 Å². The molecule has 6 heteroatoms. The Morgan fingerprint density at radius 2 is 2.07 bits per heavy atom. The third-order valence-corrected chi connectivity index (χ3v) is 1.56. The van der Waals surface area contributed by atoms with Crippen molar-refractivity contribution in [1.82, 2.24) is 10.6 Å². The van der Waals surface area contributed by atoms with E-state index in [0.29, 0.717) is 6.54 Å². The van der Waals surface area contributed by atoms with E-state index in [-0.39, 0.29) is 18.9 Å². The van der Waals surface area contributed by atoms with Crippen LogP contribution in [0.4, 0.5) is 0 Å². The summed E-state index contributed by atoms with van der Waals surface area (Å²) in [7, 11) is 0. The average Bonchev–Trinajstić information content (AvgIpc) is 2.14. The monoisotopic (exact) mass is 204 g/mol. The van der Waals surface area contributed by atoms with Crippen LogP contribution in [0.1, 0.15) is 13.3 Å². The van der Waals surface area contributed by atoms with E-state index in [9.17, 15) is 9.59 Å². The first-order valence-electron chi connectivity index (χ1n) is 4.46. The summed E-state index contributed by atoms with van der Waals surface area (Å²) in [5.74, 6) is -1.61. The molecular weight excluding hydrogens is 188 g/mol. The van der Waals surface area contributed by atoms with Crippen molar-refractivity contribution in [1.29, 1.82) is 0 Å². The smallest absolute Gasteiger partial charge is 0.334 e. The van der Waals surface area contributed by atoms with E-state index in [1.807, 2.05) is 6.92 Å². The third-order valence-electron chi connectivity index (χ3n) is 1.56. The molecule has 6 nitrogen and oxygen atoms in total. The van der Waals surface area contributed by atoms with Gasteiger partial charge in [0.05, 0.1) is 6.54 Å². The number of hydrogen-bond acceptors (Lipinski definition) is 4. The topological polar surface area (TPSA) is 98.7 Å². The fourth-order valence-electron chi connectivity index (χ4n) is 0.765. The number of carbonyl (C=O) groups is 2. The van der Waals surface area contributed by atoms with E-state index in [4.69, 9.17) is 10.2 Å². The SMILES string of the molecule is CCNCCC(=O)NCC(O)C(=O)O. The second kappa shape index (κ2) is 7.28. The minimum absolute atomic E-state index is 0.250. The molecule has 4 N–H and O–H groups in total. The van der Waals surface area contributed by atoms with Crippen LogP contribution in [0.5, 0.6) is 0 Å². The molecule has 0 saturated carbocycles. The van der Waals surface area contributed by atoms with Crippen molar-refractivity contribution in [2.75, 3.05) is 19.6 Å². The fraction of sp³-hybridized carbons (Fsp3) is 0.750. The van der Waals surface area contributed by atoms with E-state index in [1.165, 1.54) is 0 Å². The zero-order valence-electron chi connectivity index (χ0n) is 8.12. The largest absolute Gasteiger partial charge is 0.479 e. The van der Waals surface area contributed by atoms with Gasteiger partial charge in [-0.1, -0.05) is 6.92 Å². The summed E-state index contributed by atoms with van der Waals surface area (Å²) in [5, 5.41) is 22.4. The molecule has 0 fully saturated rings. The fourth-order valence-corrected chi connectivity index (χ4v) is 0.765. The second-order valence-electron chi connectivity index (χ2n) is 2.76. The first-order chi connectivity index (χ1) is 6.57. The van der Waals surface area contributed by atoms with Crippen LogP contribution < -0.4 is 10.6 Å². The molecule has 1 unspecified atom stereocenters. The Balaban J connectivity index is 3.48. The Morgan fingerprint density at radius 3 is 2.57 bits per heavy atom. The van der Waals surface area contributed by atoms with E-state index in [0.717, 1.165) is 6.54 Å². The number of carboxylic acids is 1. The minimum Gasteiger partial charge on any atom is -0.479 e. The number of aliphatic carboxylic acids is 1. The Hall–Kier alpha value is -1.14. The van der Waals surface area contributed by atoms with Gasteiger partial charge in [-0.15, -0.1) is 0 Å². The summed E-state index contributed by atoms with van der Waals surface area (Å²) in [6, 6.07) is 0. The summed E-state index contributed by atoms with van der Waals surface area (Å²) >= 11 is 0. The first kappa shape index (κ1) is 12.9. The Morgan fingerprint density at radius 1 is 1.43 bits per heavy atom. The van der Waals surface area contributed by atoms with Gasteiger partial charge in [-0.2, -0.15) is 0 Å². The molecule has 0 aromatic carbocycles. The highest BCUT2D eigenvalue weighted by atomic mass is 16.4. The highest BCUT2D eigenvalue weighted by Gasteiger charge is 2.13. The molecule has 1 amide bonds. The summed E-state index contributed by atoms with van der Waals surface area (Å²) in [6.45, 7) is 3.00. The Bertz CT molecular complexity index is 196. The van der Waals surface area contributed by atoms with Gasteiger partial charge in [0.1, 0.15) is 0 Å². The summed E-state index contributed by atoms with van der Waals surface area (Å²) < 4.78 is 0. The molecule has 0 radical (unpaired) electrons. The molecule has 1 atom stereocenters. The molecule has 0 saturated heterocycles. The molecule has 82 valence electrons. The molecule has 0 aliphatic rings. The van der Waals surface area contributed by atoms with Gasteiger partial charge < -0.3 is 20.8 Å². The van der Waals surface area contributed by atoms with Gasteiger partial charge in [-0.05, 0) is 6.54 Å². The maximum absolute atomic E-state index is 11.0. The van der Waals surface area contributed by atoms with Crippen LogP contribution in [0.15, 0.2) is 0 Å². The molecule has 0 aromatic heterocycles. The predicted octanol–water partition coefficient (Wildman–Crippen LogP) is -1.45. The first-order valence-corrected chi connectivity index (χ1v) is 4.46. The number of carboxylic acid groups (broad SMARTS) is 1. The molecule has 0 aliphatic carbocycles. The standard InChI is InChI=1S/C8H16N2O4/c1-2-9-4-3-7(12)10-5-6(11)8(13)14/h6,9,11H,2-5H2,1H3,(H,10,12)(H,13,14). The van der Waals surface area contributed by atoms with Gasteiger partial charge in [0.25, 0.3) is 0 Å². The van der Waals surface area contributed by atoms with Crippen LogP contribution >= 0.6 is 0 Å². The number of aliphatic hydroxyl groups excluding tert-OH is 1. The lowest BCUT2D eigenvalue weighted by Gasteiger charge is -2.07. The lowest BCUT2D eigenvalue weighted by Crippen LogP contribution is -2.37. The molecule has 0 heterocycles. The number of aliphatic hydroxyl groups is 1. The van der Waals surface area contributed by atoms with Crippen molar-refractivity contribution in [2.45, 2.75) is 19.4 Å². The predicted molar refractivity (Wildman–Crippen MR) is 49.8 cm³/mol. The van der Waals surface area contributed by atoms with Crippen LogP contribution in [0.25, 0.3) is 0 Å². The molecule has 0 rings (SSSR count). The second-order valence-corrected chi connectivity index (χ2v) is 2.76. The van der Waals surface area contributed by atoms with Crippen LogP contribution in [-0.4, -0.2) is 47.8 Å². The van der Waals surface area contributed by atoms with E-state index >= 15 is 0 Å². The maximum atomic E-state index is 11.0. The number of nitrogens with one attached hydrogen (secondary N) is 2. The zero-order chi connectivity index (χ0) is 11.0. The molecular formula is C8H16N2O4.